The van der Waals surface area contributed by atoms with Crippen LogP contribution in [0.5, 0.6) is 0 Å². The fourth-order valence-corrected chi connectivity index (χ4v) is 2.43. The molecule has 0 spiro atoms. The van der Waals surface area contributed by atoms with Crippen molar-refractivity contribution in [3.05, 3.63) is 34.9 Å². The fraction of sp³-hybridized carbons (Fsp3) is 0.647. The highest BCUT2D eigenvalue weighted by atomic mass is 14.9. The molecule has 1 unspecified atom stereocenters. The van der Waals surface area contributed by atoms with Gasteiger partial charge in [-0.3, -0.25) is 0 Å². The largest absolute Gasteiger partial charge is 0.313 e. The summed E-state index contributed by atoms with van der Waals surface area (Å²) in [4.78, 5) is 0. The molecule has 1 heteroatoms. The van der Waals surface area contributed by atoms with Gasteiger partial charge in [0.05, 0.1) is 0 Å². The molecule has 0 aliphatic carbocycles. The lowest BCUT2D eigenvalue weighted by Gasteiger charge is -2.32. The van der Waals surface area contributed by atoms with Crippen LogP contribution in [0.3, 0.4) is 0 Å². The normalized spacial score (nSPS) is 13.7. The zero-order valence-corrected chi connectivity index (χ0v) is 12.9. The fourth-order valence-electron chi connectivity index (χ4n) is 2.43. The van der Waals surface area contributed by atoms with Gasteiger partial charge < -0.3 is 5.32 Å². The Kier molecular flexibility index (Phi) is 5.40. The van der Waals surface area contributed by atoms with Crippen molar-refractivity contribution in [1.82, 2.24) is 5.32 Å². The minimum absolute atomic E-state index is 0.298. The highest BCUT2D eigenvalue weighted by Gasteiger charge is 2.24. The maximum atomic E-state index is 3.70. The SMILES string of the molecule is CCCNC(Cc1cc(C)cc(C)c1)C(C)(C)C. The summed E-state index contributed by atoms with van der Waals surface area (Å²) in [6.07, 6.45) is 2.31. The van der Waals surface area contributed by atoms with Crippen molar-refractivity contribution in [1.29, 1.82) is 0 Å². The van der Waals surface area contributed by atoms with Crippen LogP contribution in [0.25, 0.3) is 0 Å². The summed E-state index contributed by atoms with van der Waals surface area (Å²) in [7, 11) is 0. The van der Waals surface area contributed by atoms with E-state index in [9.17, 15) is 0 Å². The van der Waals surface area contributed by atoms with Gasteiger partial charge in [-0.1, -0.05) is 57.0 Å². The first kappa shape index (κ1) is 15.2. The monoisotopic (exact) mass is 247 g/mol. The maximum absolute atomic E-state index is 3.70. The molecule has 102 valence electrons. The number of nitrogens with one attached hydrogen (secondary N) is 1. The molecule has 0 heterocycles. The number of hydrogen-bond acceptors (Lipinski definition) is 1. The van der Waals surface area contributed by atoms with Gasteiger partial charge >= 0.3 is 0 Å². The van der Waals surface area contributed by atoms with Gasteiger partial charge in [0.1, 0.15) is 0 Å². The van der Waals surface area contributed by atoms with E-state index in [1.54, 1.807) is 0 Å². The molecule has 18 heavy (non-hydrogen) atoms. The van der Waals surface area contributed by atoms with Crippen LogP contribution in [-0.2, 0) is 6.42 Å². The maximum Gasteiger partial charge on any atom is 0.0156 e. The smallest absolute Gasteiger partial charge is 0.0156 e. The molecule has 1 rings (SSSR count). The van der Waals surface area contributed by atoms with Gasteiger partial charge in [0.15, 0.2) is 0 Å². The van der Waals surface area contributed by atoms with Crippen molar-refractivity contribution in [3.8, 4) is 0 Å². The van der Waals surface area contributed by atoms with Gasteiger partial charge in [-0.25, -0.2) is 0 Å². The Labute approximate surface area is 113 Å². The van der Waals surface area contributed by atoms with Crippen LogP contribution < -0.4 is 5.32 Å². The van der Waals surface area contributed by atoms with Crippen LogP contribution in [0.1, 0.15) is 50.8 Å². The van der Waals surface area contributed by atoms with E-state index >= 15 is 0 Å². The van der Waals surface area contributed by atoms with Crippen molar-refractivity contribution in [3.63, 3.8) is 0 Å². The molecule has 0 radical (unpaired) electrons. The molecule has 0 bridgehead atoms. The summed E-state index contributed by atoms with van der Waals surface area (Å²) < 4.78 is 0. The van der Waals surface area contributed by atoms with E-state index in [0.717, 1.165) is 13.0 Å². The highest BCUT2D eigenvalue weighted by Crippen LogP contribution is 2.23. The zero-order valence-electron chi connectivity index (χ0n) is 12.9. The third kappa shape index (κ3) is 4.81. The molecule has 1 N–H and O–H groups in total. The predicted octanol–water partition coefficient (Wildman–Crippen LogP) is 4.26. The van der Waals surface area contributed by atoms with Crippen LogP contribution in [0.2, 0.25) is 0 Å². The summed E-state index contributed by atoms with van der Waals surface area (Å²) >= 11 is 0. The molecule has 1 nitrogen and oxygen atoms in total. The molecule has 0 aromatic heterocycles. The van der Waals surface area contributed by atoms with Crippen molar-refractivity contribution in [2.45, 2.75) is 60.4 Å². The van der Waals surface area contributed by atoms with E-state index in [4.69, 9.17) is 0 Å². The molecule has 0 aliphatic heterocycles. The highest BCUT2D eigenvalue weighted by molar-refractivity contribution is 5.29. The summed E-state index contributed by atoms with van der Waals surface area (Å²) in [5, 5.41) is 3.70. The van der Waals surface area contributed by atoms with Gasteiger partial charge in [-0.2, -0.15) is 0 Å². The van der Waals surface area contributed by atoms with E-state index < -0.39 is 0 Å². The topological polar surface area (TPSA) is 12.0 Å². The minimum atomic E-state index is 0.298. The lowest BCUT2D eigenvalue weighted by atomic mass is 9.82. The predicted molar refractivity (Wildman–Crippen MR) is 81.2 cm³/mol. The van der Waals surface area contributed by atoms with Crippen molar-refractivity contribution >= 4 is 0 Å². The Morgan fingerprint density at radius 3 is 2.06 bits per heavy atom. The third-order valence-corrected chi connectivity index (χ3v) is 3.41. The van der Waals surface area contributed by atoms with Gasteiger partial charge in [-0.05, 0) is 44.2 Å². The Hall–Kier alpha value is -0.820. The summed E-state index contributed by atoms with van der Waals surface area (Å²) in [5.74, 6) is 0. The standard InChI is InChI=1S/C17H29N/c1-7-8-18-16(17(4,5)6)12-15-10-13(2)9-14(3)11-15/h9-11,16,18H,7-8,12H2,1-6H3. The first-order chi connectivity index (χ1) is 8.32. The molecule has 1 aromatic carbocycles. The number of benzene rings is 1. The third-order valence-electron chi connectivity index (χ3n) is 3.41. The van der Waals surface area contributed by atoms with E-state index in [0.29, 0.717) is 11.5 Å². The van der Waals surface area contributed by atoms with Crippen LogP contribution >= 0.6 is 0 Å². The van der Waals surface area contributed by atoms with Gasteiger partial charge in [0, 0.05) is 6.04 Å². The van der Waals surface area contributed by atoms with E-state index in [-0.39, 0.29) is 0 Å². The van der Waals surface area contributed by atoms with Crippen molar-refractivity contribution in [2.75, 3.05) is 6.54 Å². The molecule has 0 fully saturated rings. The molecule has 0 amide bonds. The second-order valence-corrected chi connectivity index (χ2v) is 6.57. The average molecular weight is 247 g/mol. The zero-order chi connectivity index (χ0) is 13.8. The van der Waals surface area contributed by atoms with E-state index in [1.807, 2.05) is 0 Å². The minimum Gasteiger partial charge on any atom is -0.313 e. The van der Waals surface area contributed by atoms with Crippen LogP contribution in [0.15, 0.2) is 18.2 Å². The van der Waals surface area contributed by atoms with Gasteiger partial charge in [0.25, 0.3) is 0 Å². The van der Waals surface area contributed by atoms with Crippen LogP contribution in [-0.4, -0.2) is 12.6 Å². The van der Waals surface area contributed by atoms with Crippen molar-refractivity contribution in [2.24, 2.45) is 5.41 Å². The first-order valence-electron chi connectivity index (χ1n) is 7.13. The van der Waals surface area contributed by atoms with Gasteiger partial charge in [-0.15, -0.1) is 0 Å². The molecular weight excluding hydrogens is 218 g/mol. The molecule has 0 saturated heterocycles. The Bertz CT molecular complexity index is 353. The Balaban J connectivity index is 2.82. The van der Waals surface area contributed by atoms with Crippen molar-refractivity contribution < 1.29 is 0 Å². The molecule has 1 aromatic rings. The number of rotatable bonds is 5. The van der Waals surface area contributed by atoms with Gasteiger partial charge in [0.2, 0.25) is 0 Å². The molecule has 1 atom stereocenters. The lowest BCUT2D eigenvalue weighted by Crippen LogP contribution is -2.42. The number of hydrogen-bond donors (Lipinski definition) is 1. The first-order valence-corrected chi connectivity index (χ1v) is 7.13. The summed E-state index contributed by atoms with van der Waals surface area (Å²) in [6.45, 7) is 14.7. The molecule has 0 aliphatic rings. The molecular formula is C17H29N. The second-order valence-electron chi connectivity index (χ2n) is 6.57. The summed E-state index contributed by atoms with van der Waals surface area (Å²) in [5.41, 5.74) is 4.49. The molecule has 0 saturated carbocycles. The summed E-state index contributed by atoms with van der Waals surface area (Å²) in [6, 6.07) is 7.42. The Morgan fingerprint density at radius 2 is 1.61 bits per heavy atom. The quantitative estimate of drug-likeness (QED) is 0.819. The Morgan fingerprint density at radius 1 is 1.06 bits per heavy atom. The van der Waals surface area contributed by atoms with E-state index in [1.165, 1.54) is 23.1 Å². The lowest BCUT2D eigenvalue weighted by molar-refractivity contribution is 0.267. The second kappa shape index (κ2) is 6.38. The van der Waals surface area contributed by atoms with Crippen LogP contribution in [0, 0.1) is 19.3 Å². The van der Waals surface area contributed by atoms with E-state index in [2.05, 4.69) is 65.1 Å². The van der Waals surface area contributed by atoms with Crippen LogP contribution in [0.4, 0.5) is 0 Å². The number of aryl methyl sites for hydroxylation is 2. The average Bonchev–Trinajstić information content (AvgIpc) is 2.21.